The second-order valence-electron chi connectivity index (χ2n) is 4.19. The quantitative estimate of drug-likeness (QED) is 0.504. The first-order chi connectivity index (χ1) is 5.16. The maximum atomic E-state index is 2.36. The summed E-state index contributed by atoms with van der Waals surface area (Å²) in [4.78, 5) is 0. The average Bonchev–Trinajstić information content (AvgIpc) is 1.97. The third-order valence-corrected chi connectivity index (χ3v) is 2.43. The van der Waals surface area contributed by atoms with Gasteiger partial charge in [-0.3, -0.25) is 0 Å². The first-order valence-corrected chi connectivity index (χ1v) is 5.16. The van der Waals surface area contributed by atoms with Crippen molar-refractivity contribution in [3.05, 3.63) is 0 Å². The molecule has 0 spiro atoms. The van der Waals surface area contributed by atoms with E-state index >= 15 is 0 Å². The molecule has 0 rings (SSSR count). The van der Waals surface area contributed by atoms with Gasteiger partial charge in [0.25, 0.3) is 0 Å². The largest absolute Gasteiger partial charge is 0.0651 e. The highest BCUT2D eigenvalue weighted by Crippen LogP contribution is 2.14. The van der Waals surface area contributed by atoms with Crippen LogP contribution in [0.15, 0.2) is 0 Å². The molecule has 1 atom stereocenters. The summed E-state index contributed by atoms with van der Waals surface area (Å²) in [5, 5.41) is 0. The van der Waals surface area contributed by atoms with Crippen LogP contribution in [0.4, 0.5) is 0 Å². The summed E-state index contributed by atoms with van der Waals surface area (Å²) in [5.41, 5.74) is 0. The van der Waals surface area contributed by atoms with E-state index in [9.17, 15) is 0 Å². The standard InChI is InChI=1S/C11H24/c1-5-11(4)9-7-6-8-10(2)3/h10-11H,5-9H2,1-4H3/t11-/m0/s1. The van der Waals surface area contributed by atoms with Crippen molar-refractivity contribution in [3.8, 4) is 0 Å². The molecule has 0 aromatic carbocycles. The van der Waals surface area contributed by atoms with Crippen molar-refractivity contribution in [3.63, 3.8) is 0 Å². The van der Waals surface area contributed by atoms with Crippen molar-refractivity contribution in [1.29, 1.82) is 0 Å². The molecule has 68 valence electrons. The summed E-state index contributed by atoms with van der Waals surface area (Å²) in [6.07, 6.45) is 7.07. The molecule has 0 N–H and O–H groups in total. The van der Waals surface area contributed by atoms with Crippen LogP contribution >= 0.6 is 0 Å². The van der Waals surface area contributed by atoms with E-state index in [1.807, 2.05) is 0 Å². The van der Waals surface area contributed by atoms with Crippen LogP contribution in [0, 0.1) is 11.8 Å². The minimum absolute atomic E-state index is 0.895. The van der Waals surface area contributed by atoms with E-state index in [4.69, 9.17) is 0 Å². The van der Waals surface area contributed by atoms with E-state index in [-0.39, 0.29) is 0 Å². The van der Waals surface area contributed by atoms with Crippen molar-refractivity contribution in [2.45, 2.75) is 59.8 Å². The van der Waals surface area contributed by atoms with E-state index in [2.05, 4.69) is 27.7 Å². The molecule has 0 bridgehead atoms. The third-order valence-electron chi connectivity index (χ3n) is 2.43. The maximum Gasteiger partial charge on any atom is -0.0445 e. The molecule has 0 amide bonds. The Kier molecular flexibility index (Phi) is 6.69. The van der Waals surface area contributed by atoms with Crippen LogP contribution in [-0.4, -0.2) is 0 Å². The van der Waals surface area contributed by atoms with E-state index in [1.54, 1.807) is 0 Å². The van der Waals surface area contributed by atoms with Gasteiger partial charge in [0.2, 0.25) is 0 Å². The van der Waals surface area contributed by atoms with Crippen LogP contribution in [0.25, 0.3) is 0 Å². The summed E-state index contributed by atoms with van der Waals surface area (Å²) in [5.74, 6) is 1.84. The van der Waals surface area contributed by atoms with Crippen LogP contribution in [-0.2, 0) is 0 Å². The molecule has 0 fully saturated rings. The number of unbranched alkanes of at least 4 members (excludes halogenated alkanes) is 1. The molecule has 0 aromatic heterocycles. The Morgan fingerprint density at radius 2 is 1.45 bits per heavy atom. The number of hydrogen-bond acceptors (Lipinski definition) is 0. The minimum Gasteiger partial charge on any atom is -0.0651 e. The number of rotatable bonds is 6. The summed E-state index contributed by atoms with van der Waals surface area (Å²) < 4.78 is 0. The lowest BCUT2D eigenvalue weighted by Gasteiger charge is -2.08. The van der Waals surface area contributed by atoms with Gasteiger partial charge in [-0.15, -0.1) is 0 Å². The van der Waals surface area contributed by atoms with Crippen LogP contribution in [0.5, 0.6) is 0 Å². The smallest absolute Gasteiger partial charge is 0.0445 e. The Hall–Kier alpha value is 0. The lowest BCUT2D eigenvalue weighted by molar-refractivity contribution is 0.454. The van der Waals surface area contributed by atoms with Crippen LogP contribution in [0.2, 0.25) is 0 Å². The van der Waals surface area contributed by atoms with Crippen LogP contribution < -0.4 is 0 Å². The van der Waals surface area contributed by atoms with E-state index in [1.165, 1.54) is 32.1 Å². The Balaban J connectivity index is 3.01. The Labute approximate surface area is 72.4 Å². The number of hydrogen-bond donors (Lipinski definition) is 0. The molecule has 0 aliphatic rings. The molecular formula is C11H24. The van der Waals surface area contributed by atoms with Gasteiger partial charge in [-0.1, -0.05) is 59.8 Å². The van der Waals surface area contributed by atoms with Gasteiger partial charge in [-0.25, -0.2) is 0 Å². The van der Waals surface area contributed by atoms with E-state index in [0.29, 0.717) is 0 Å². The average molecular weight is 156 g/mol. The highest BCUT2D eigenvalue weighted by Gasteiger charge is 1.98. The molecular weight excluding hydrogens is 132 g/mol. The minimum atomic E-state index is 0.895. The topological polar surface area (TPSA) is 0 Å². The summed E-state index contributed by atoms with van der Waals surface area (Å²) >= 11 is 0. The van der Waals surface area contributed by atoms with Crippen molar-refractivity contribution < 1.29 is 0 Å². The molecule has 0 heteroatoms. The summed E-state index contributed by atoms with van der Waals surface area (Å²) in [6, 6.07) is 0. The van der Waals surface area contributed by atoms with Crippen molar-refractivity contribution >= 4 is 0 Å². The van der Waals surface area contributed by atoms with Gasteiger partial charge >= 0.3 is 0 Å². The Bertz CT molecular complexity index is 74.1. The van der Waals surface area contributed by atoms with Crippen molar-refractivity contribution in [2.75, 3.05) is 0 Å². The predicted molar refractivity (Wildman–Crippen MR) is 52.8 cm³/mol. The highest BCUT2D eigenvalue weighted by atomic mass is 14.0. The molecule has 0 radical (unpaired) electrons. The van der Waals surface area contributed by atoms with Crippen LogP contribution in [0.3, 0.4) is 0 Å². The van der Waals surface area contributed by atoms with Gasteiger partial charge in [0, 0.05) is 0 Å². The molecule has 0 saturated carbocycles. The van der Waals surface area contributed by atoms with Gasteiger partial charge in [0.05, 0.1) is 0 Å². The lowest BCUT2D eigenvalue weighted by atomic mass is 9.98. The van der Waals surface area contributed by atoms with Gasteiger partial charge in [0.1, 0.15) is 0 Å². The molecule has 0 aromatic rings. The zero-order valence-electron chi connectivity index (χ0n) is 8.69. The first kappa shape index (κ1) is 11.0. The molecule has 11 heavy (non-hydrogen) atoms. The van der Waals surface area contributed by atoms with Gasteiger partial charge in [-0.2, -0.15) is 0 Å². The van der Waals surface area contributed by atoms with Crippen LogP contribution in [0.1, 0.15) is 59.8 Å². The molecule has 0 saturated heterocycles. The van der Waals surface area contributed by atoms with E-state index < -0.39 is 0 Å². The predicted octanol–water partition coefficient (Wildman–Crippen LogP) is 4.25. The summed E-state index contributed by atoms with van der Waals surface area (Å²) in [7, 11) is 0. The molecule has 0 aliphatic carbocycles. The Morgan fingerprint density at radius 1 is 0.909 bits per heavy atom. The van der Waals surface area contributed by atoms with Gasteiger partial charge < -0.3 is 0 Å². The van der Waals surface area contributed by atoms with Crippen molar-refractivity contribution in [1.82, 2.24) is 0 Å². The van der Waals surface area contributed by atoms with Gasteiger partial charge in [0.15, 0.2) is 0 Å². The fourth-order valence-electron chi connectivity index (χ4n) is 1.25. The third kappa shape index (κ3) is 7.90. The van der Waals surface area contributed by atoms with E-state index in [0.717, 1.165) is 11.8 Å². The van der Waals surface area contributed by atoms with Crippen molar-refractivity contribution in [2.24, 2.45) is 11.8 Å². The molecule has 0 heterocycles. The summed E-state index contributed by atoms with van der Waals surface area (Å²) in [6.45, 7) is 9.26. The molecule has 0 aliphatic heterocycles. The highest BCUT2D eigenvalue weighted by molar-refractivity contribution is 4.52. The SMILES string of the molecule is CC[C@H](C)CCCCC(C)C. The fourth-order valence-corrected chi connectivity index (χ4v) is 1.25. The fraction of sp³-hybridized carbons (Fsp3) is 1.00. The second-order valence-corrected chi connectivity index (χ2v) is 4.19. The Morgan fingerprint density at radius 3 is 1.91 bits per heavy atom. The van der Waals surface area contributed by atoms with Gasteiger partial charge in [-0.05, 0) is 11.8 Å². The first-order valence-electron chi connectivity index (χ1n) is 5.16. The maximum absolute atomic E-state index is 2.36. The second kappa shape index (κ2) is 6.69. The molecule has 0 nitrogen and oxygen atoms in total. The zero-order valence-corrected chi connectivity index (χ0v) is 8.69. The normalized spacial score (nSPS) is 13.9. The molecule has 0 unspecified atom stereocenters. The zero-order chi connectivity index (χ0) is 8.69. The monoisotopic (exact) mass is 156 g/mol. The lowest BCUT2D eigenvalue weighted by Crippen LogP contribution is -1.93.